The Morgan fingerprint density at radius 2 is 2.04 bits per heavy atom. The molecule has 2 aromatic carbocycles. The molecular weight excluding hydrogens is 420 g/mol. The van der Waals surface area contributed by atoms with Gasteiger partial charge in [0.2, 0.25) is 0 Å². The third-order valence-corrected chi connectivity index (χ3v) is 5.71. The summed E-state index contributed by atoms with van der Waals surface area (Å²) in [6.45, 7) is 1.93. The zero-order valence-corrected chi connectivity index (χ0v) is 17.6. The van der Waals surface area contributed by atoms with Crippen molar-refractivity contribution in [2.24, 2.45) is 7.05 Å². The fourth-order valence-electron chi connectivity index (χ4n) is 3.75. The number of benzene rings is 2. The van der Waals surface area contributed by atoms with Gasteiger partial charge in [0.05, 0.1) is 11.6 Å². The maximum atomic E-state index is 12.9. The highest BCUT2D eigenvalue weighted by molar-refractivity contribution is 9.10. The molecule has 1 aliphatic rings. The zero-order valence-electron chi connectivity index (χ0n) is 16.0. The molecule has 0 spiro atoms. The fourth-order valence-corrected chi connectivity index (χ4v) is 4.10. The van der Waals surface area contributed by atoms with Crippen molar-refractivity contribution in [2.45, 2.75) is 18.9 Å². The van der Waals surface area contributed by atoms with Gasteiger partial charge in [-0.25, -0.2) is 0 Å². The number of rotatable bonds is 4. The number of carbonyl (C=O) groups excluding carboxylic acids is 1. The molecule has 1 aromatic heterocycles. The first kappa shape index (κ1) is 19.0. The molecule has 1 aliphatic heterocycles. The van der Waals surface area contributed by atoms with E-state index in [0.29, 0.717) is 5.69 Å². The van der Waals surface area contributed by atoms with Crippen LogP contribution in [0.4, 0.5) is 11.4 Å². The summed E-state index contributed by atoms with van der Waals surface area (Å²) >= 11 is 3.44. The van der Waals surface area contributed by atoms with Crippen LogP contribution in [0.1, 0.15) is 23.3 Å². The first-order valence-corrected chi connectivity index (χ1v) is 10.2. The van der Waals surface area contributed by atoms with Crippen LogP contribution in [0.5, 0.6) is 0 Å². The maximum Gasteiger partial charge on any atom is 0.274 e. The fraction of sp³-hybridized carbons (Fsp3) is 0.333. The molecule has 0 radical (unpaired) electrons. The first-order chi connectivity index (χ1) is 13.5. The molecule has 4 rings (SSSR count). The smallest absolute Gasteiger partial charge is 0.274 e. The molecule has 1 atom stereocenters. The summed E-state index contributed by atoms with van der Waals surface area (Å²) in [5, 5.41) is 8.25. The number of ether oxygens (including phenoxy) is 1. The second kappa shape index (κ2) is 7.93. The van der Waals surface area contributed by atoms with E-state index in [1.165, 1.54) is 0 Å². The topological polar surface area (TPSA) is 59.4 Å². The van der Waals surface area contributed by atoms with Crippen molar-refractivity contribution in [3.8, 4) is 0 Å². The number of carbonyl (C=O) groups is 1. The summed E-state index contributed by atoms with van der Waals surface area (Å²) in [6, 6.07) is 13.7. The lowest BCUT2D eigenvalue weighted by atomic mass is 10.1. The van der Waals surface area contributed by atoms with Crippen LogP contribution in [-0.2, 0) is 11.8 Å². The van der Waals surface area contributed by atoms with Crippen LogP contribution >= 0.6 is 15.9 Å². The minimum atomic E-state index is -0.169. The lowest BCUT2D eigenvalue weighted by Crippen LogP contribution is -2.39. The third kappa shape index (κ3) is 3.77. The molecule has 3 aromatic rings. The molecule has 2 heterocycles. The normalized spacial score (nSPS) is 17.1. The van der Waals surface area contributed by atoms with Crippen molar-refractivity contribution < 1.29 is 9.53 Å². The van der Waals surface area contributed by atoms with Gasteiger partial charge >= 0.3 is 0 Å². The zero-order chi connectivity index (χ0) is 19.7. The van der Waals surface area contributed by atoms with E-state index in [0.717, 1.165) is 52.7 Å². The maximum absolute atomic E-state index is 12.9. The van der Waals surface area contributed by atoms with E-state index in [4.69, 9.17) is 4.74 Å². The molecule has 7 heteroatoms. The summed E-state index contributed by atoms with van der Waals surface area (Å²) in [5.74, 6) is -0.169. The number of methoxy groups -OCH3 is 1. The lowest BCUT2D eigenvalue weighted by Gasteiger charge is -2.33. The van der Waals surface area contributed by atoms with Crippen molar-refractivity contribution >= 4 is 44.1 Å². The molecule has 1 amide bonds. The number of anilines is 2. The van der Waals surface area contributed by atoms with E-state index >= 15 is 0 Å². The predicted molar refractivity (Wildman–Crippen MR) is 115 cm³/mol. The average Bonchev–Trinajstić information content (AvgIpc) is 3.03. The van der Waals surface area contributed by atoms with Gasteiger partial charge < -0.3 is 15.0 Å². The van der Waals surface area contributed by atoms with Crippen molar-refractivity contribution in [3.05, 3.63) is 52.6 Å². The molecule has 1 saturated heterocycles. The molecule has 1 fully saturated rings. The number of amides is 1. The molecule has 6 nitrogen and oxygen atoms in total. The number of nitrogens with one attached hydrogen (secondary N) is 1. The van der Waals surface area contributed by atoms with E-state index in [9.17, 15) is 4.79 Å². The third-order valence-electron chi connectivity index (χ3n) is 5.21. The van der Waals surface area contributed by atoms with E-state index in [1.807, 2.05) is 42.5 Å². The van der Waals surface area contributed by atoms with Gasteiger partial charge in [-0.2, -0.15) is 5.10 Å². The Labute approximate surface area is 172 Å². The summed E-state index contributed by atoms with van der Waals surface area (Å²) in [4.78, 5) is 15.2. The van der Waals surface area contributed by atoms with Gasteiger partial charge in [0, 0.05) is 48.5 Å². The highest BCUT2D eigenvalue weighted by Crippen LogP contribution is 2.25. The van der Waals surface area contributed by atoms with Crippen LogP contribution in [0, 0.1) is 0 Å². The van der Waals surface area contributed by atoms with Crippen molar-refractivity contribution in [1.82, 2.24) is 9.78 Å². The minimum absolute atomic E-state index is 0.169. The van der Waals surface area contributed by atoms with Crippen LogP contribution in [0.3, 0.4) is 0 Å². The second-order valence-electron chi connectivity index (χ2n) is 7.08. The Morgan fingerprint density at radius 3 is 2.79 bits per heavy atom. The lowest BCUT2D eigenvalue weighted by molar-refractivity contribution is 0.0893. The number of nitrogens with zero attached hydrogens (tertiary/aromatic N) is 3. The van der Waals surface area contributed by atoms with E-state index in [2.05, 4.69) is 31.2 Å². The van der Waals surface area contributed by atoms with E-state index in [-0.39, 0.29) is 12.0 Å². The van der Waals surface area contributed by atoms with Crippen molar-refractivity contribution in [1.29, 1.82) is 0 Å². The number of piperidine rings is 1. The molecule has 0 aliphatic carbocycles. The second-order valence-corrected chi connectivity index (χ2v) is 8.00. The van der Waals surface area contributed by atoms with Crippen molar-refractivity contribution in [3.63, 3.8) is 0 Å². The highest BCUT2D eigenvalue weighted by atomic mass is 79.9. The Bertz CT molecular complexity index is 1000. The SMILES string of the molecule is COC1CCCN(c2ccc(NC(=O)c3c4ccc(Br)cc4nn3C)cc2)C1. The highest BCUT2D eigenvalue weighted by Gasteiger charge is 2.20. The van der Waals surface area contributed by atoms with Gasteiger partial charge in [0.25, 0.3) is 5.91 Å². The summed E-state index contributed by atoms with van der Waals surface area (Å²) in [6.07, 6.45) is 2.52. The quantitative estimate of drug-likeness (QED) is 0.657. The van der Waals surface area contributed by atoms with Crippen LogP contribution in [0.15, 0.2) is 46.9 Å². The number of hydrogen-bond acceptors (Lipinski definition) is 4. The van der Waals surface area contributed by atoms with Gasteiger partial charge in [-0.3, -0.25) is 9.48 Å². The van der Waals surface area contributed by atoms with Gasteiger partial charge in [0.15, 0.2) is 0 Å². The van der Waals surface area contributed by atoms with Crippen LogP contribution < -0.4 is 10.2 Å². The Morgan fingerprint density at radius 1 is 1.25 bits per heavy atom. The van der Waals surface area contributed by atoms with E-state index < -0.39 is 0 Å². The molecule has 0 saturated carbocycles. The van der Waals surface area contributed by atoms with Gasteiger partial charge in [0.1, 0.15) is 5.69 Å². The van der Waals surface area contributed by atoms with Crippen LogP contribution in [-0.4, -0.2) is 42.0 Å². The number of fused-ring (bicyclic) bond motifs is 1. The number of hydrogen-bond donors (Lipinski definition) is 1. The summed E-state index contributed by atoms with van der Waals surface area (Å²) < 4.78 is 8.07. The van der Waals surface area contributed by atoms with Gasteiger partial charge in [-0.05, 0) is 55.3 Å². The molecule has 0 bridgehead atoms. The van der Waals surface area contributed by atoms with Crippen LogP contribution in [0.25, 0.3) is 10.9 Å². The molecular formula is C21H23BrN4O2. The Hall–Kier alpha value is -2.38. The molecule has 1 unspecified atom stereocenters. The predicted octanol–water partition coefficient (Wildman–Crippen LogP) is 4.20. The monoisotopic (exact) mass is 442 g/mol. The minimum Gasteiger partial charge on any atom is -0.380 e. The average molecular weight is 443 g/mol. The Balaban J connectivity index is 1.50. The molecule has 1 N–H and O–H groups in total. The number of halogens is 1. The summed E-state index contributed by atoms with van der Waals surface area (Å²) in [5.41, 5.74) is 3.25. The first-order valence-electron chi connectivity index (χ1n) is 9.36. The van der Waals surface area contributed by atoms with Gasteiger partial charge in [-0.15, -0.1) is 0 Å². The number of aryl methyl sites for hydroxylation is 1. The van der Waals surface area contributed by atoms with Gasteiger partial charge in [-0.1, -0.05) is 15.9 Å². The van der Waals surface area contributed by atoms with Crippen LogP contribution in [0.2, 0.25) is 0 Å². The largest absolute Gasteiger partial charge is 0.380 e. The number of aromatic nitrogens is 2. The Kier molecular flexibility index (Phi) is 5.37. The summed E-state index contributed by atoms with van der Waals surface area (Å²) in [7, 11) is 3.56. The van der Waals surface area contributed by atoms with E-state index in [1.54, 1.807) is 18.8 Å². The molecule has 28 heavy (non-hydrogen) atoms. The van der Waals surface area contributed by atoms with Crippen molar-refractivity contribution in [2.75, 3.05) is 30.4 Å². The molecule has 146 valence electrons. The standard InChI is InChI=1S/C21H23BrN4O2/c1-25-20(18-10-5-14(22)12-19(18)24-25)21(27)23-15-6-8-16(9-7-15)26-11-3-4-17(13-26)28-2/h5-10,12,17H,3-4,11,13H2,1-2H3,(H,23,27).